The van der Waals surface area contributed by atoms with E-state index in [1.807, 2.05) is 0 Å². The van der Waals surface area contributed by atoms with Crippen LogP contribution in [0.2, 0.25) is 5.02 Å². The SMILES string of the molecule is COC(=O)[C@H]1CC[C@H](NCc2cc(-n3nnnc3C(F)(F)F)ccc2Cl)[C@@H]1c1ccc(F)cc1. The number of hydrogen-bond acceptors (Lipinski definition) is 6. The number of aromatic nitrogens is 4. The van der Waals surface area contributed by atoms with E-state index in [0.717, 1.165) is 5.56 Å². The van der Waals surface area contributed by atoms with Crippen molar-refractivity contribution in [2.75, 3.05) is 7.11 Å². The van der Waals surface area contributed by atoms with E-state index in [1.54, 1.807) is 12.1 Å². The molecule has 1 heterocycles. The van der Waals surface area contributed by atoms with E-state index in [1.165, 1.54) is 37.4 Å². The fraction of sp³-hybridized carbons (Fsp3) is 0.364. The van der Waals surface area contributed by atoms with Gasteiger partial charge in [0.2, 0.25) is 0 Å². The molecule has 2 aromatic carbocycles. The highest BCUT2D eigenvalue weighted by atomic mass is 35.5. The summed E-state index contributed by atoms with van der Waals surface area (Å²) in [5.41, 5.74) is 1.42. The summed E-state index contributed by atoms with van der Waals surface area (Å²) in [5, 5.41) is 13.4. The minimum absolute atomic E-state index is 0.104. The highest BCUT2D eigenvalue weighted by Gasteiger charge is 2.42. The fourth-order valence-electron chi connectivity index (χ4n) is 4.40. The Morgan fingerprint density at radius 2 is 1.94 bits per heavy atom. The molecule has 0 bridgehead atoms. The third-order valence-electron chi connectivity index (χ3n) is 5.97. The van der Waals surface area contributed by atoms with Crippen molar-refractivity contribution < 1.29 is 27.1 Å². The lowest BCUT2D eigenvalue weighted by molar-refractivity contribution is -0.147. The molecule has 1 N–H and O–H groups in total. The van der Waals surface area contributed by atoms with Gasteiger partial charge in [-0.15, -0.1) is 5.10 Å². The summed E-state index contributed by atoms with van der Waals surface area (Å²) in [6.07, 6.45) is -3.51. The molecule has 1 saturated carbocycles. The molecular formula is C22H20ClF4N5O2. The van der Waals surface area contributed by atoms with E-state index < -0.39 is 17.9 Å². The van der Waals surface area contributed by atoms with Gasteiger partial charge < -0.3 is 10.1 Å². The van der Waals surface area contributed by atoms with Crippen LogP contribution in [0.3, 0.4) is 0 Å². The molecule has 4 rings (SSSR count). The van der Waals surface area contributed by atoms with Crippen LogP contribution in [-0.2, 0) is 22.3 Å². The zero-order valence-corrected chi connectivity index (χ0v) is 18.6. The van der Waals surface area contributed by atoms with Gasteiger partial charge in [-0.25, -0.2) is 4.39 Å². The number of hydrogen-bond donors (Lipinski definition) is 1. The van der Waals surface area contributed by atoms with Crippen LogP contribution in [0.1, 0.15) is 35.7 Å². The number of esters is 1. The molecule has 12 heteroatoms. The first kappa shape index (κ1) is 24.1. The molecule has 1 fully saturated rings. The van der Waals surface area contributed by atoms with Crippen molar-refractivity contribution in [3.8, 4) is 5.69 Å². The highest BCUT2D eigenvalue weighted by molar-refractivity contribution is 6.31. The molecule has 1 aliphatic rings. The second-order valence-corrected chi connectivity index (χ2v) is 8.37. The van der Waals surface area contributed by atoms with Crippen LogP contribution in [0.15, 0.2) is 42.5 Å². The molecule has 0 amide bonds. The number of nitrogens with zero attached hydrogens (tertiary/aromatic N) is 4. The quantitative estimate of drug-likeness (QED) is 0.404. The van der Waals surface area contributed by atoms with Crippen molar-refractivity contribution in [2.24, 2.45) is 5.92 Å². The van der Waals surface area contributed by atoms with Crippen LogP contribution in [0.4, 0.5) is 17.6 Å². The molecule has 7 nitrogen and oxygen atoms in total. The van der Waals surface area contributed by atoms with Crippen molar-refractivity contribution in [1.82, 2.24) is 25.5 Å². The van der Waals surface area contributed by atoms with Gasteiger partial charge >= 0.3 is 12.1 Å². The van der Waals surface area contributed by atoms with Crippen LogP contribution in [-0.4, -0.2) is 39.3 Å². The normalized spacial score (nSPS) is 20.5. The van der Waals surface area contributed by atoms with Gasteiger partial charge in [-0.2, -0.15) is 17.9 Å². The van der Waals surface area contributed by atoms with Gasteiger partial charge in [-0.3, -0.25) is 4.79 Å². The number of methoxy groups -OCH3 is 1. The molecule has 0 aliphatic heterocycles. The highest BCUT2D eigenvalue weighted by Crippen LogP contribution is 2.41. The molecule has 0 spiro atoms. The van der Waals surface area contributed by atoms with Gasteiger partial charge in [-0.05, 0) is 64.7 Å². The van der Waals surface area contributed by atoms with E-state index in [9.17, 15) is 22.4 Å². The molecule has 3 aromatic rings. The zero-order chi connectivity index (χ0) is 24.5. The minimum Gasteiger partial charge on any atom is -0.469 e. The maximum absolute atomic E-state index is 13.5. The van der Waals surface area contributed by atoms with Gasteiger partial charge in [-0.1, -0.05) is 23.7 Å². The van der Waals surface area contributed by atoms with Crippen LogP contribution >= 0.6 is 11.6 Å². The number of tetrazole rings is 1. The summed E-state index contributed by atoms with van der Waals surface area (Å²) in [7, 11) is 1.32. The summed E-state index contributed by atoms with van der Waals surface area (Å²) in [4.78, 5) is 12.4. The Balaban J connectivity index is 1.58. The van der Waals surface area contributed by atoms with Crippen molar-refractivity contribution in [3.63, 3.8) is 0 Å². The number of rotatable bonds is 6. The molecule has 1 aliphatic carbocycles. The number of carbonyl (C=O) groups is 1. The average Bonchev–Trinajstić information content (AvgIpc) is 3.46. The third kappa shape index (κ3) is 4.90. The van der Waals surface area contributed by atoms with Crippen molar-refractivity contribution in [3.05, 3.63) is 70.3 Å². The molecule has 34 heavy (non-hydrogen) atoms. The van der Waals surface area contributed by atoms with Gasteiger partial charge in [0.1, 0.15) is 5.82 Å². The number of ether oxygens (including phenoxy) is 1. The molecule has 180 valence electrons. The Bertz CT molecular complexity index is 1170. The van der Waals surface area contributed by atoms with E-state index in [-0.39, 0.29) is 36.0 Å². The van der Waals surface area contributed by atoms with Gasteiger partial charge in [0.05, 0.1) is 18.7 Å². The number of halogens is 5. The summed E-state index contributed by atoms with van der Waals surface area (Å²) < 4.78 is 58.6. The van der Waals surface area contributed by atoms with E-state index in [0.29, 0.717) is 28.1 Å². The third-order valence-corrected chi connectivity index (χ3v) is 6.33. The molecule has 0 radical (unpaired) electrons. The predicted molar refractivity (Wildman–Crippen MR) is 114 cm³/mol. The van der Waals surface area contributed by atoms with Crippen LogP contribution in [0.25, 0.3) is 5.69 Å². The van der Waals surface area contributed by atoms with Crippen molar-refractivity contribution in [1.29, 1.82) is 0 Å². The topological polar surface area (TPSA) is 81.9 Å². The molecule has 1 aromatic heterocycles. The van der Waals surface area contributed by atoms with Gasteiger partial charge in [0.25, 0.3) is 5.82 Å². The number of alkyl halides is 3. The van der Waals surface area contributed by atoms with E-state index >= 15 is 0 Å². The first-order valence-corrected chi connectivity index (χ1v) is 10.8. The number of benzene rings is 2. The Hall–Kier alpha value is -3.05. The smallest absolute Gasteiger partial charge is 0.453 e. The van der Waals surface area contributed by atoms with Crippen molar-refractivity contribution >= 4 is 17.6 Å². The lowest BCUT2D eigenvalue weighted by atomic mass is 9.86. The van der Waals surface area contributed by atoms with Gasteiger partial charge in [0, 0.05) is 23.5 Å². The number of carbonyl (C=O) groups excluding carboxylic acids is 1. The predicted octanol–water partition coefficient (Wildman–Crippen LogP) is 4.30. The first-order chi connectivity index (χ1) is 16.2. The minimum atomic E-state index is -4.73. The molecule has 0 unspecified atom stereocenters. The maximum Gasteiger partial charge on any atom is 0.453 e. The monoisotopic (exact) mass is 497 g/mol. The summed E-state index contributed by atoms with van der Waals surface area (Å²) in [6, 6.07) is 10.1. The number of nitrogens with one attached hydrogen (secondary N) is 1. The summed E-state index contributed by atoms with van der Waals surface area (Å²) in [5.74, 6) is -2.67. The van der Waals surface area contributed by atoms with Crippen LogP contribution in [0, 0.1) is 11.7 Å². The molecule has 0 saturated heterocycles. The average molecular weight is 498 g/mol. The summed E-state index contributed by atoms with van der Waals surface area (Å²) in [6.45, 7) is 0.215. The Labute approximate surface area is 197 Å². The van der Waals surface area contributed by atoms with Crippen molar-refractivity contribution in [2.45, 2.75) is 37.5 Å². The zero-order valence-electron chi connectivity index (χ0n) is 17.9. The van der Waals surface area contributed by atoms with E-state index in [2.05, 4.69) is 20.8 Å². The Morgan fingerprint density at radius 1 is 1.21 bits per heavy atom. The summed E-state index contributed by atoms with van der Waals surface area (Å²) >= 11 is 6.31. The largest absolute Gasteiger partial charge is 0.469 e. The second-order valence-electron chi connectivity index (χ2n) is 7.96. The Morgan fingerprint density at radius 3 is 2.62 bits per heavy atom. The van der Waals surface area contributed by atoms with Gasteiger partial charge in [0.15, 0.2) is 0 Å². The van der Waals surface area contributed by atoms with Crippen LogP contribution in [0.5, 0.6) is 0 Å². The standard InChI is InChI=1S/C22H20ClF4N5O2/c1-34-20(33)16-7-9-18(19(16)12-2-4-14(24)5-3-12)28-11-13-10-15(6-8-17(13)23)32-21(22(25,26)27)29-30-31-32/h2-6,8,10,16,18-19,28H,7,9,11H2,1H3/t16-,18-,19+/m0/s1. The molecular weight excluding hydrogens is 478 g/mol. The fourth-order valence-corrected chi connectivity index (χ4v) is 4.58. The molecule has 3 atom stereocenters. The second kappa shape index (κ2) is 9.67. The van der Waals surface area contributed by atoms with E-state index in [4.69, 9.17) is 16.3 Å². The van der Waals surface area contributed by atoms with Crippen LogP contribution < -0.4 is 5.32 Å². The Kier molecular flexibility index (Phi) is 6.85. The lowest BCUT2D eigenvalue weighted by Gasteiger charge is -2.25. The first-order valence-electron chi connectivity index (χ1n) is 10.4. The lowest BCUT2D eigenvalue weighted by Crippen LogP contribution is -2.34. The maximum atomic E-state index is 13.5.